The Bertz CT molecular complexity index is 392. The van der Waals surface area contributed by atoms with Gasteiger partial charge in [-0.3, -0.25) is 0 Å². The Balaban J connectivity index is 2.05. The van der Waals surface area contributed by atoms with Gasteiger partial charge in [0, 0.05) is 10.9 Å². The van der Waals surface area contributed by atoms with Crippen molar-refractivity contribution in [2.45, 2.75) is 58.4 Å². The summed E-state index contributed by atoms with van der Waals surface area (Å²) < 4.78 is 0. The topological polar surface area (TPSA) is 12.0 Å². The minimum atomic E-state index is 0.536. The maximum absolute atomic E-state index is 3.73. The minimum absolute atomic E-state index is 0.536. The van der Waals surface area contributed by atoms with Gasteiger partial charge in [-0.25, -0.2) is 0 Å². The summed E-state index contributed by atoms with van der Waals surface area (Å²) >= 11 is 1.91. The number of hydrogen-bond donors (Lipinski definition) is 1. The van der Waals surface area contributed by atoms with Gasteiger partial charge in [0.25, 0.3) is 0 Å². The van der Waals surface area contributed by atoms with Gasteiger partial charge in [-0.05, 0) is 69.0 Å². The Morgan fingerprint density at radius 3 is 2.89 bits per heavy atom. The highest BCUT2D eigenvalue weighted by atomic mass is 32.1. The summed E-state index contributed by atoms with van der Waals surface area (Å²) in [5.74, 6) is 0. The van der Waals surface area contributed by atoms with Crippen LogP contribution in [0.15, 0.2) is 23.1 Å². The van der Waals surface area contributed by atoms with Gasteiger partial charge in [-0.1, -0.05) is 18.6 Å². The third-order valence-electron chi connectivity index (χ3n) is 3.71. The average molecular weight is 263 g/mol. The second-order valence-corrected chi connectivity index (χ2v) is 6.23. The van der Waals surface area contributed by atoms with Crippen LogP contribution in [0.2, 0.25) is 0 Å². The molecule has 0 amide bonds. The van der Waals surface area contributed by atoms with E-state index in [1.165, 1.54) is 49.0 Å². The molecule has 0 fully saturated rings. The molecule has 1 aliphatic rings. The van der Waals surface area contributed by atoms with Gasteiger partial charge in [0.2, 0.25) is 0 Å². The minimum Gasteiger partial charge on any atom is -0.309 e. The first kappa shape index (κ1) is 13.8. The second kappa shape index (κ2) is 7.10. The molecule has 18 heavy (non-hydrogen) atoms. The highest BCUT2D eigenvalue weighted by Gasteiger charge is 2.17. The molecule has 0 saturated carbocycles. The fourth-order valence-corrected chi connectivity index (χ4v) is 3.67. The third kappa shape index (κ3) is 3.69. The van der Waals surface area contributed by atoms with Crippen LogP contribution in [0.4, 0.5) is 0 Å². The molecule has 100 valence electrons. The monoisotopic (exact) mass is 263 g/mol. The SMILES string of the molecule is CCCNC(CC1=CCCCC1)c1sccc1C. The predicted octanol–water partition coefficient (Wildman–Crippen LogP) is 4.99. The maximum Gasteiger partial charge on any atom is 0.0455 e. The van der Waals surface area contributed by atoms with E-state index in [1.807, 2.05) is 11.3 Å². The van der Waals surface area contributed by atoms with Gasteiger partial charge in [0.15, 0.2) is 0 Å². The molecule has 1 N–H and O–H groups in total. The molecular formula is C16H25NS. The van der Waals surface area contributed by atoms with Crippen molar-refractivity contribution in [2.75, 3.05) is 6.54 Å². The normalized spacial score (nSPS) is 17.6. The zero-order valence-corrected chi connectivity index (χ0v) is 12.5. The van der Waals surface area contributed by atoms with Crippen LogP contribution in [0.3, 0.4) is 0 Å². The lowest BCUT2D eigenvalue weighted by molar-refractivity contribution is 0.516. The molecule has 1 aromatic rings. The lowest BCUT2D eigenvalue weighted by atomic mass is 9.93. The summed E-state index contributed by atoms with van der Waals surface area (Å²) in [5, 5.41) is 5.95. The third-order valence-corrected chi connectivity index (χ3v) is 4.84. The summed E-state index contributed by atoms with van der Waals surface area (Å²) in [7, 11) is 0. The molecule has 1 atom stereocenters. The molecule has 0 aromatic carbocycles. The highest BCUT2D eigenvalue weighted by Crippen LogP contribution is 2.31. The average Bonchev–Trinajstić information content (AvgIpc) is 2.82. The van der Waals surface area contributed by atoms with Crippen LogP contribution in [0, 0.1) is 6.92 Å². The largest absolute Gasteiger partial charge is 0.309 e. The van der Waals surface area contributed by atoms with Gasteiger partial charge >= 0.3 is 0 Å². The standard InChI is InChI=1S/C16H25NS/c1-3-10-17-15(16-13(2)9-11-18-16)12-14-7-5-4-6-8-14/h7,9,11,15,17H,3-6,8,10,12H2,1-2H3. The van der Waals surface area contributed by atoms with Crippen LogP contribution >= 0.6 is 11.3 Å². The number of rotatable bonds is 6. The molecule has 0 bridgehead atoms. The predicted molar refractivity (Wildman–Crippen MR) is 81.3 cm³/mol. The van der Waals surface area contributed by atoms with Crippen molar-refractivity contribution in [3.8, 4) is 0 Å². The summed E-state index contributed by atoms with van der Waals surface area (Å²) in [6, 6.07) is 2.78. The van der Waals surface area contributed by atoms with Crippen molar-refractivity contribution >= 4 is 11.3 Å². The van der Waals surface area contributed by atoms with Crippen molar-refractivity contribution in [2.24, 2.45) is 0 Å². The zero-order chi connectivity index (χ0) is 12.8. The lowest BCUT2D eigenvalue weighted by Gasteiger charge is -2.22. The smallest absolute Gasteiger partial charge is 0.0455 e. The Morgan fingerprint density at radius 1 is 1.39 bits per heavy atom. The fourth-order valence-electron chi connectivity index (χ4n) is 2.67. The number of thiophene rings is 1. The molecule has 0 saturated heterocycles. The number of allylic oxidation sites excluding steroid dienone is 1. The van der Waals surface area contributed by atoms with E-state index in [0.29, 0.717) is 6.04 Å². The van der Waals surface area contributed by atoms with Crippen molar-refractivity contribution in [3.63, 3.8) is 0 Å². The Kier molecular flexibility index (Phi) is 5.45. The number of nitrogens with one attached hydrogen (secondary N) is 1. The van der Waals surface area contributed by atoms with Gasteiger partial charge in [0.1, 0.15) is 0 Å². The van der Waals surface area contributed by atoms with Crippen molar-refractivity contribution in [3.05, 3.63) is 33.5 Å². The molecular weight excluding hydrogens is 238 g/mol. The molecule has 1 unspecified atom stereocenters. The van der Waals surface area contributed by atoms with Gasteiger partial charge in [-0.15, -0.1) is 11.3 Å². The molecule has 1 aliphatic carbocycles. The van der Waals surface area contributed by atoms with Crippen LogP contribution < -0.4 is 5.32 Å². The van der Waals surface area contributed by atoms with Gasteiger partial charge in [0.05, 0.1) is 0 Å². The summed E-state index contributed by atoms with van der Waals surface area (Å²) in [6.45, 7) is 5.60. The van der Waals surface area contributed by atoms with E-state index in [1.54, 1.807) is 5.57 Å². The second-order valence-electron chi connectivity index (χ2n) is 5.29. The van der Waals surface area contributed by atoms with Crippen LogP contribution in [-0.2, 0) is 0 Å². The zero-order valence-electron chi connectivity index (χ0n) is 11.7. The molecule has 0 radical (unpaired) electrons. The number of aryl methyl sites for hydroxylation is 1. The van der Waals surface area contributed by atoms with E-state index in [9.17, 15) is 0 Å². The summed E-state index contributed by atoms with van der Waals surface area (Å²) in [4.78, 5) is 1.54. The van der Waals surface area contributed by atoms with Crippen molar-refractivity contribution < 1.29 is 0 Å². The van der Waals surface area contributed by atoms with Gasteiger partial charge < -0.3 is 5.32 Å². The quantitative estimate of drug-likeness (QED) is 0.713. The van der Waals surface area contributed by atoms with Crippen molar-refractivity contribution in [1.29, 1.82) is 0 Å². The molecule has 1 aromatic heterocycles. The number of hydrogen-bond acceptors (Lipinski definition) is 2. The van der Waals surface area contributed by atoms with Crippen LogP contribution in [-0.4, -0.2) is 6.54 Å². The summed E-state index contributed by atoms with van der Waals surface area (Å²) in [6.07, 6.45) is 10.3. The van der Waals surface area contributed by atoms with E-state index in [0.717, 1.165) is 6.54 Å². The van der Waals surface area contributed by atoms with Gasteiger partial charge in [-0.2, -0.15) is 0 Å². The molecule has 0 spiro atoms. The first-order valence-electron chi connectivity index (χ1n) is 7.26. The van der Waals surface area contributed by atoms with E-state index >= 15 is 0 Å². The van der Waals surface area contributed by atoms with Crippen LogP contribution in [0.5, 0.6) is 0 Å². The van der Waals surface area contributed by atoms with E-state index < -0.39 is 0 Å². The molecule has 2 heteroatoms. The first-order valence-corrected chi connectivity index (χ1v) is 8.14. The summed E-state index contributed by atoms with van der Waals surface area (Å²) in [5.41, 5.74) is 3.12. The van der Waals surface area contributed by atoms with Crippen LogP contribution in [0.1, 0.15) is 61.9 Å². The van der Waals surface area contributed by atoms with E-state index in [-0.39, 0.29) is 0 Å². The molecule has 0 aliphatic heterocycles. The Hall–Kier alpha value is -0.600. The van der Waals surface area contributed by atoms with E-state index in [2.05, 4.69) is 36.7 Å². The first-order chi connectivity index (χ1) is 8.81. The molecule has 1 heterocycles. The molecule has 2 rings (SSSR count). The highest BCUT2D eigenvalue weighted by molar-refractivity contribution is 7.10. The van der Waals surface area contributed by atoms with Crippen LogP contribution in [0.25, 0.3) is 0 Å². The van der Waals surface area contributed by atoms with E-state index in [4.69, 9.17) is 0 Å². The maximum atomic E-state index is 3.73. The lowest BCUT2D eigenvalue weighted by Crippen LogP contribution is -2.22. The fraction of sp³-hybridized carbons (Fsp3) is 0.625. The Morgan fingerprint density at radius 2 is 2.28 bits per heavy atom. The Labute approximate surface area is 115 Å². The molecule has 1 nitrogen and oxygen atoms in total. The van der Waals surface area contributed by atoms with Crippen molar-refractivity contribution in [1.82, 2.24) is 5.32 Å².